The number of hydrogen-bond donors (Lipinski definition) is 2. The van der Waals surface area contributed by atoms with Gasteiger partial charge in [-0.05, 0) is 67.7 Å². The smallest absolute Gasteiger partial charge is 0.412 e. The second-order valence-electron chi connectivity index (χ2n) is 9.67. The number of nitrogens with one attached hydrogen (secondary N) is 2. The molecule has 3 rings (SSSR count). The Bertz CT molecular complexity index is 672. The molecular formula is C21H32N2O2. The van der Waals surface area contributed by atoms with Crippen molar-refractivity contribution in [2.24, 2.45) is 10.8 Å². The van der Waals surface area contributed by atoms with Gasteiger partial charge in [0.25, 0.3) is 0 Å². The van der Waals surface area contributed by atoms with Crippen molar-refractivity contribution in [2.75, 3.05) is 5.32 Å². The lowest BCUT2D eigenvalue weighted by Crippen LogP contribution is -2.27. The van der Waals surface area contributed by atoms with Crippen LogP contribution in [0, 0.1) is 10.8 Å². The molecule has 0 heterocycles. The average Bonchev–Trinajstić information content (AvgIpc) is 2.75. The summed E-state index contributed by atoms with van der Waals surface area (Å²) in [4.78, 5) is 11.9. The molecule has 1 fully saturated rings. The zero-order valence-corrected chi connectivity index (χ0v) is 16.6. The Morgan fingerprint density at radius 1 is 1.16 bits per heavy atom. The normalized spacial score (nSPS) is 23.9. The molecule has 0 spiro atoms. The van der Waals surface area contributed by atoms with Crippen molar-refractivity contribution in [2.45, 2.75) is 79.0 Å². The number of aryl methyl sites for hydroxylation is 1. The molecule has 0 radical (unpaired) electrons. The van der Waals surface area contributed by atoms with E-state index < -0.39 is 11.7 Å². The number of benzene rings is 1. The number of carbonyl (C=O) groups is 1. The molecule has 138 valence electrons. The highest BCUT2D eigenvalue weighted by Crippen LogP contribution is 2.63. The van der Waals surface area contributed by atoms with Crippen molar-refractivity contribution in [1.82, 2.24) is 5.32 Å². The fraction of sp³-hybridized carbons (Fsp3) is 0.667. The molecule has 0 saturated heterocycles. The number of hydrogen-bond acceptors (Lipinski definition) is 3. The van der Waals surface area contributed by atoms with E-state index in [4.69, 9.17) is 4.74 Å². The minimum Gasteiger partial charge on any atom is -0.444 e. The van der Waals surface area contributed by atoms with Crippen molar-refractivity contribution in [3.63, 3.8) is 0 Å². The summed E-state index contributed by atoms with van der Waals surface area (Å²) in [5.41, 5.74) is 3.69. The lowest BCUT2D eigenvalue weighted by molar-refractivity contribution is 0.0636. The average molecular weight is 344 g/mol. The Morgan fingerprint density at radius 3 is 2.36 bits per heavy atom. The van der Waals surface area contributed by atoms with E-state index in [1.807, 2.05) is 26.8 Å². The summed E-state index contributed by atoms with van der Waals surface area (Å²) in [7, 11) is 0. The first kappa shape index (κ1) is 18.2. The summed E-state index contributed by atoms with van der Waals surface area (Å²) in [6.07, 6.45) is 1.76. The van der Waals surface area contributed by atoms with E-state index in [2.05, 4.69) is 50.5 Å². The Labute approximate surface area is 151 Å². The van der Waals surface area contributed by atoms with Gasteiger partial charge in [-0.1, -0.05) is 33.8 Å². The fourth-order valence-electron chi connectivity index (χ4n) is 4.10. The summed E-state index contributed by atoms with van der Waals surface area (Å²) >= 11 is 0. The molecule has 1 atom stereocenters. The van der Waals surface area contributed by atoms with Gasteiger partial charge >= 0.3 is 6.09 Å². The van der Waals surface area contributed by atoms with Gasteiger partial charge in [0.1, 0.15) is 5.60 Å². The van der Waals surface area contributed by atoms with E-state index in [9.17, 15) is 4.79 Å². The van der Waals surface area contributed by atoms with Gasteiger partial charge in [0, 0.05) is 17.8 Å². The van der Waals surface area contributed by atoms with Gasteiger partial charge in [-0.2, -0.15) is 0 Å². The number of ether oxygens (including phenoxy) is 1. The van der Waals surface area contributed by atoms with Crippen LogP contribution < -0.4 is 10.6 Å². The number of amides is 1. The molecule has 4 nitrogen and oxygen atoms in total. The third-order valence-electron chi connectivity index (χ3n) is 6.25. The van der Waals surface area contributed by atoms with Crippen LogP contribution in [-0.4, -0.2) is 17.7 Å². The van der Waals surface area contributed by atoms with E-state index in [0.29, 0.717) is 22.9 Å². The summed E-state index contributed by atoms with van der Waals surface area (Å²) in [5, 5.41) is 6.71. The molecule has 1 unspecified atom stereocenters. The molecule has 1 aromatic carbocycles. The van der Waals surface area contributed by atoms with Crippen molar-refractivity contribution < 1.29 is 9.53 Å². The third kappa shape index (κ3) is 3.41. The molecule has 4 heteroatoms. The first-order chi connectivity index (χ1) is 11.4. The van der Waals surface area contributed by atoms with Gasteiger partial charge in [0.05, 0.1) is 0 Å². The van der Waals surface area contributed by atoms with Gasteiger partial charge in [0.15, 0.2) is 0 Å². The summed E-state index contributed by atoms with van der Waals surface area (Å²) in [5.74, 6) is 0. The molecule has 1 amide bonds. The molecule has 1 saturated carbocycles. The van der Waals surface area contributed by atoms with E-state index in [0.717, 1.165) is 18.5 Å². The molecule has 2 N–H and O–H groups in total. The molecule has 1 aromatic rings. The highest BCUT2D eigenvalue weighted by Gasteiger charge is 2.65. The second-order valence-corrected chi connectivity index (χ2v) is 9.67. The monoisotopic (exact) mass is 344 g/mol. The van der Waals surface area contributed by atoms with Gasteiger partial charge < -0.3 is 10.1 Å². The Kier molecular flexibility index (Phi) is 4.18. The molecule has 2 aliphatic rings. The van der Waals surface area contributed by atoms with Gasteiger partial charge in [-0.3, -0.25) is 5.32 Å². The van der Waals surface area contributed by atoms with Gasteiger partial charge in [-0.15, -0.1) is 0 Å². The molecular weight excluding hydrogens is 312 g/mol. The summed E-state index contributed by atoms with van der Waals surface area (Å²) in [6.45, 7) is 15.0. The van der Waals surface area contributed by atoms with Crippen molar-refractivity contribution >= 4 is 11.8 Å². The van der Waals surface area contributed by atoms with Crippen LogP contribution in [0.25, 0.3) is 0 Å². The standard InChI is InChI=1S/C21H32N2O2/c1-19(2,3)25-18(24)22-14-9-10-15-13(12-14)8-11-16(15)23-17-20(4,5)21(17,6)7/h9-10,12,16-17,23H,8,11H2,1-7H3,(H,22,24). The third-order valence-corrected chi connectivity index (χ3v) is 6.25. The predicted octanol–water partition coefficient (Wildman–Crippen LogP) is 5.05. The molecule has 0 bridgehead atoms. The summed E-state index contributed by atoms with van der Waals surface area (Å²) < 4.78 is 5.33. The molecule has 25 heavy (non-hydrogen) atoms. The maximum absolute atomic E-state index is 11.9. The van der Waals surface area contributed by atoms with E-state index >= 15 is 0 Å². The summed E-state index contributed by atoms with van der Waals surface area (Å²) in [6, 6.07) is 7.18. The van der Waals surface area contributed by atoms with E-state index in [1.54, 1.807) is 0 Å². The lowest BCUT2D eigenvalue weighted by Gasteiger charge is -2.20. The highest BCUT2D eigenvalue weighted by molar-refractivity contribution is 5.85. The Morgan fingerprint density at radius 2 is 1.80 bits per heavy atom. The predicted molar refractivity (Wildman–Crippen MR) is 102 cm³/mol. The number of carbonyl (C=O) groups excluding carboxylic acids is 1. The van der Waals surface area contributed by atoms with Gasteiger partial charge in [-0.25, -0.2) is 4.79 Å². The number of rotatable bonds is 3. The van der Waals surface area contributed by atoms with Crippen LogP contribution in [0.4, 0.5) is 10.5 Å². The Balaban J connectivity index is 1.66. The van der Waals surface area contributed by atoms with Crippen molar-refractivity contribution in [1.29, 1.82) is 0 Å². The van der Waals surface area contributed by atoms with Gasteiger partial charge in [0.2, 0.25) is 0 Å². The molecule has 0 aliphatic heterocycles. The Hall–Kier alpha value is -1.55. The van der Waals surface area contributed by atoms with Crippen LogP contribution in [0.3, 0.4) is 0 Å². The van der Waals surface area contributed by atoms with E-state index in [1.165, 1.54) is 11.1 Å². The zero-order chi connectivity index (χ0) is 18.6. The SMILES string of the molecule is CC(C)(C)OC(=O)Nc1ccc2c(c1)CCC2NC1C(C)(C)C1(C)C. The maximum Gasteiger partial charge on any atom is 0.412 e. The second kappa shape index (κ2) is 5.73. The number of fused-ring (bicyclic) bond motifs is 1. The first-order valence-corrected chi connectivity index (χ1v) is 9.31. The van der Waals surface area contributed by atoms with Crippen LogP contribution in [0.1, 0.15) is 72.1 Å². The highest BCUT2D eigenvalue weighted by atomic mass is 16.6. The van der Waals surface area contributed by atoms with Crippen LogP contribution in [0.15, 0.2) is 18.2 Å². The topological polar surface area (TPSA) is 50.4 Å². The minimum absolute atomic E-state index is 0.341. The minimum atomic E-state index is -0.486. The molecule has 0 aromatic heterocycles. The maximum atomic E-state index is 11.9. The van der Waals surface area contributed by atoms with E-state index in [-0.39, 0.29) is 0 Å². The van der Waals surface area contributed by atoms with Crippen LogP contribution >= 0.6 is 0 Å². The lowest BCUT2D eigenvalue weighted by atomic mass is 10.0. The largest absolute Gasteiger partial charge is 0.444 e. The van der Waals surface area contributed by atoms with Crippen molar-refractivity contribution in [3.8, 4) is 0 Å². The number of anilines is 1. The first-order valence-electron chi connectivity index (χ1n) is 9.31. The van der Waals surface area contributed by atoms with Crippen LogP contribution in [0.2, 0.25) is 0 Å². The quantitative estimate of drug-likeness (QED) is 0.807. The molecule has 2 aliphatic carbocycles. The van der Waals surface area contributed by atoms with Crippen LogP contribution in [-0.2, 0) is 11.2 Å². The van der Waals surface area contributed by atoms with Crippen LogP contribution in [0.5, 0.6) is 0 Å². The zero-order valence-electron chi connectivity index (χ0n) is 16.6. The van der Waals surface area contributed by atoms with Crippen molar-refractivity contribution in [3.05, 3.63) is 29.3 Å². The fourth-order valence-corrected chi connectivity index (χ4v) is 4.10.